The Morgan fingerprint density at radius 1 is 1.00 bits per heavy atom. The monoisotopic (exact) mass is 346 g/mol. The van der Waals surface area contributed by atoms with Crippen LogP contribution in [-0.4, -0.2) is 60.3 Å². The third-order valence-electron chi connectivity index (χ3n) is 5.25. The molecule has 1 amide bonds. The Hall–Kier alpha value is -2.41. The lowest BCUT2D eigenvalue weighted by Crippen LogP contribution is -2.53. The quantitative estimate of drug-likeness (QED) is 0.831. The zero-order valence-electron chi connectivity index (χ0n) is 13.5. The third kappa shape index (κ3) is 2.78. The number of piperazine rings is 1. The topological polar surface area (TPSA) is 70.1 Å². The van der Waals surface area contributed by atoms with E-state index in [1.54, 1.807) is 29.2 Å². The van der Waals surface area contributed by atoms with Crippen molar-refractivity contribution in [2.75, 3.05) is 31.1 Å². The van der Waals surface area contributed by atoms with Crippen LogP contribution in [-0.2, 0) is 14.3 Å². The molecule has 0 unspecified atom stereocenters. The molecule has 2 bridgehead atoms. The fourth-order valence-electron chi connectivity index (χ4n) is 3.94. The van der Waals surface area contributed by atoms with E-state index >= 15 is 0 Å². The summed E-state index contributed by atoms with van der Waals surface area (Å²) in [6, 6.07) is 6.29. The van der Waals surface area contributed by atoms with Crippen molar-refractivity contribution in [2.24, 2.45) is 11.8 Å². The number of carbonyl (C=O) groups excluding carboxylic acids is 1. The molecule has 25 heavy (non-hydrogen) atoms. The van der Waals surface area contributed by atoms with E-state index in [2.05, 4.69) is 4.90 Å². The zero-order chi connectivity index (χ0) is 17.6. The molecule has 1 N–H and O–H groups in total. The van der Waals surface area contributed by atoms with Gasteiger partial charge in [0.25, 0.3) is 0 Å². The molecule has 6 nitrogen and oxygen atoms in total. The van der Waals surface area contributed by atoms with Gasteiger partial charge in [-0.15, -0.1) is 0 Å². The van der Waals surface area contributed by atoms with E-state index in [0.717, 1.165) is 5.69 Å². The van der Waals surface area contributed by atoms with Gasteiger partial charge in [-0.3, -0.25) is 9.59 Å². The summed E-state index contributed by atoms with van der Waals surface area (Å²) in [6.07, 6.45) is 2.59. The SMILES string of the molecule is O=C(O)[C@@H]1[C@@H](C(=O)N2CCN(c3ccc(F)cc3)CC2)[C@H]2C=C[C@H]1O2. The first-order chi connectivity index (χ1) is 12.0. The molecular formula is C18H19FN2O4. The summed E-state index contributed by atoms with van der Waals surface area (Å²) in [5, 5.41) is 9.44. The average molecular weight is 346 g/mol. The molecule has 3 aliphatic heterocycles. The van der Waals surface area contributed by atoms with Gasteiger partial charge in [-0.05, 0) is 24.3 Å². The normalized spacial score (nSPS) is 30.8. The highest BCUT2D eigenvalue weighted by Crippen LogP contribution is 2.40. The lowest BCUT2D eigenvalue weighted by Gasteiger charge is -2.38. The van der Waals surface area contributed by atoms with Crippen molar-refractivity contribution in [1.82, 2.24) is 4.90 Å². The Morgan fingerprint density at radius 3 is 2.20 bits per heavy atom. The van der Waals surface area contributed by atoms with Crippen LogP contribution < -0.4 is 4.90 Å². The van der Waals surface area contributed by atoms with Crippen LogP contribution in [0, 0.1) is 17.7 Å². The van der Waals surface area contributed by atoms with Crippen LogP contribution in [0.4, 0.5) is 10.1 Å². The summed E-state index contributed by atoms with van der Waals surface area (Å²) in [4.78, 5) is 28.2. The fourth-order valence-corrected chi connectivity index (χ4v) is 3.94. The molecule has 4 atom stereocenters. The first-order valence-corrected chi connectivity index (χ1v) is 8.40. The minimum Gasteiger partial charge on any atom is -0.481 e. The Bertz CT molecular complexity index is 712. The van der Waals surface area contributed by atoms with E-state index in [-0.39, 0.29) is 11.7 Å². The molecule has 0 aromatic heterocycles. The van der Waals surface area contributed by atoms with E-state index in [1.165, 1.54) is 12.1 Å². The minimum atomic E-state index is -0.986. The number of amides is 1. The summed E-state index contributed by atoms with van der Waals surface area (Å²) < 4.78 is 18.6. The number of rotatable bonds is 3. The van der Waals surface area contributed by atoms with E-state index < -0.39 is 30.0 Å². The molecule has 0 saturated carbocycles. The van der Waals surface area contributed by atoms with Crippen molar-refractivity contribution < 1.29 is 23.8 Å². The Balaban J connectivity index is 1.42. The molecule has 0 radical (unpaired) electrons. The Morgan fingerprint density at radius 2 is 1.60 bits per heavy atom. The van der Waals surface area contributed by atoms with Crippen LogP contribution in [0.2, 0.25) is 0 Å². The first-order valence-electron chi connectivity index (χ1n) is 8.40. The van der Waals surface area contributed by atoms with Crippen molar-refractivity contribution in [1.29, 1.82) is 0 Å². The van der Waals surface area contributed by atoms with Crippen molar-refractivity contribution in [3.05, 3.63) is 42.2 Å². The Kier molecular flexibility index (Phi) is 3.95. The van der Waals surface area contributed by atoms with Gasteiger partial charge in [0.2, 0.25) is 5.91 Å². The molecule has 1 aromatic carbocycles. The zero-order valence-corrected chi connectivity index (χ0v) is 13.5. The van der Waals surface area contributed by atoms with Crippen LogP contribution in [0.5, 0.6) is 0 Å². The second kappa shape index (κ2) is 6.15. The lowest BCUT2D eigenvalue weighted by atomic mass is 9.82. The van der Waals surface area contributed by atoms with E-state index in [1.807, 2.05) is 0 Å². The van der Waals surface area contributed by atoms with Crippen molar-refractivity contribution >= 4 is 17.6 Å². The fraction of sp³-hybridized carbons (Fsp3) is 0.444. The summed E-state index contributed by atoms with van der Waals surface area (Å²) in [7, 11) is 0. The molecule has 3 heterocycles. The van der Waals surface area contributed by atoms with Gasteiger partial charge in [-0.1, -0.05) is 12.2 Å². The van der Waals surface area contributed by atoms with Crippen LogP contribution >= 0.6 is 0 Å². The van der Waals surface area contributed by atoms with Gasteiger partial charge >= 0.3 is 5.97 Å². The van der Waals surface area contributed by atoms with Gasteiger partial charge in [0, 0.05) is 31.9 Å². The molecule has 2 saturated heterocycles. The van der Waals surface area contributed by atoms with Gasteiger partial charge in [-0.2, -0.15) is 0 Å². The first kappa shape index (κ1) is 16.1. The van der Waals surface area contributed by atoms with Crippen LogP contribution in [0.3, 0.4) is 0 Å². The highest BCUT2D eigenvalue weighted by Gasteiger charge is 2.54. The second-order valence-electron chi connectivity index (χ2n) is 6.63. The maximum atomic E-state index is 13.0. The van der Waals surface area contributed by atoms with Crippen LogP contribution in [0.15, 0.2) is 36.4 Å². The highest BCUT2D eigenvalue weighted by atomic mass is 19.1. The predicted octanol–water partition coefficient (Wildman–Crippen LogP) is 1.13. The number of halogens is 1. The highest BCUT2D eigenvalue weighted by molar-refractivity contribution is 5.87. The number of ether oxygens (including phenoxy) is 1. The van der Waals surface area contributed by atoms with Crippen LogP contribution in [0.25, 0.3) is 0 Å². The van der Waals surface area contributed by atoms with Gasteiger partial charge in [0.1, 0.15) is 11.7 Å². The van der Waals surface area contributed by atoms with Crippen molar-refractivity contribution in [3.63, 3.8) is 0 Å². The molecule has 132 valence electrons. The number of fused-ring (bicyclic) bond motifs is 2. The molecule has 0 spiro atoms. The number of benzene rings is 1. The van der Waals surface area contributed by atoms with Gasteiger partial charge in [0.15, 0.2) is 0 Å². The number of aliphatic carboxylic acids is 1. The standard InChI is InChI=1S/C18H19FN2O4/c19-11-1-3-12(4-2-11)20-7-9-21(10-8-20)17(22)15-13-5-6-14(25-13)16(15)18(23)24/h1-6,13-16H,7-10H2,(H,23,24)/t13-,14-,15+,16+/m1/s1. The smallest absolute Gasteiger partial charge is 0.310 e. The third-order valence-corrected chi connectivity index (χ3v) is 5.25. The van der Waals surface area contributed by atoms with E-state index in [0.29, 0.717) is 26.2 Å². The number of hydrogen-bond acceptors (Lipinski definition) is 4. The number of carbonyl (C=O) groups is 2. The van der Waals surface area contributed by atoms with E-state index in [9.17, 15) is 19.1 Å². The largest absolute Gasteiger partial charge is 0.481 e. The number of nitrogens with zero attached hydrogens (tertiary/aromatic N) is 2. The average Bonchev–Trinajstić information content (AvgIpc) is 3.23. The summed E-state index contributed by atoms with van der Waals surface area (Å²) in [5.41, 5.74) is 0.920. The lowest BCUT2D eigenvalue weighted by molar-refractivity contribution is -0.149. The number of carboxylic acids is 1. The molecule has 4 rings (SSSR count). The van der Waals surface area contributed by atoms with Gasteiger partial charge in [0.05, 0.1) is 18.1 Å². The maximum Gasteiger partial charge on any atom is 0.310 e. The van der Waals surface area contributed by atoms with Crippen LogP contribution in [0.1, 0.15) is 0 Å². The molecule has 7 heteroatoms. The van der Waals surface area contributed by atoms with Crippen molar-refractivity contribution in [3.8, 4) is 0 Å². The number of anilines is 1. The summed E-state index contributed by atoms with van der Waals surface area (Å²) in [5.74, 6) is -2.87. The summed E-state index contributed by atoms with van der Waals surface area (Å²) in [6.45, 7) is 2.29. The Labute approximate surface area is 144 Å². The molecule has 2 fully saturated rings. The predicted molar refractivity (Wildman–Crippen MR) is 87.6 cm³/mol. The second-order valence-corrected chi connectivity index (χ2v) is 6.63. The van der Waals surface area contributed by atoms with E-state index in [4.69, 9.17) is 4.74 Å². The summed E-state index contributed by atoms with van der Waals surface area (Å²) >= 11 is 0. The molecule has 3 aliphatic rings. The van der Waals surface area contributed by atoms with Crippen molar-refractivity contribution in [2.45, 2.75) is 12.2 Å². The molecule has 0 aliphatic carbocycles. The number of hydrogen-bond donors (Lipinski definition) is 1. The molecule has 1 aromatic rings. The molecular weight excluding hydrogens is 327 g/mol. The van der Waals surface area contributed by atoms with Gasteiger partial charge in [-0.25, -0.2) is 4.39 Å². The van der Waals surface area contributed by atoms with Gasteiger partial charge < -0.3 is 19.6 Å². The number of carboxylic acid groups (broad SMARTS) is 1. The minimum absolute atomic E-state index is 0.150. The maximum absolute atomic E-state index is 13.0.